The maximum absolute atomic E-state index is 11.9. The summed E-state index contributed by atoms with van der Waals surface area (Å²) in [5, 5.41) is 22.3. The Morgan fingerprint density at radius 2 is 1.96 bits per heavy atom. The van der Waals surface area contributed by atoms with Gasteiger partial charge in [-0.15, -0.1) is 0 Å². The second kappa shape index (κ2) is 7.23. The normalized spacial score (nSPS) is 10.0. The minimum absolute atomic E-state index is 0.0902. The molecule has 1 amide bonds. The quantitative estimate of drug-likeness (QED) is 0.621. The van der Waals surface area contributed by atoms with Gasteiger partial charge in [0.1, 0.15) is 5.75 Å². The van der Waals surface area contributed by atoms with E-state index in [4.69, 9.17) is 9.84 Å². The Hall–Kier alpha value is -3.42. The molecule has 2 aromatic rings. The molecule has 0 aliphatic rings. The summed E-state index contributed by atoms with van der Waals surface area (Å²) in [6, 6.07) is 10.0. The van der Waals surface area contributed by atoms with Crippen LogP contribution in [0.5, 0.6) is 5.75 Å². The number of hydrogen-bond donors (Lipinski definition) is 2. The molecule has 0 heterocycles. The summed E-state index contributed by atoms with van der Waals surface area (Å²) in [6.45, 7) is 1.22. The zero-order valence-electron chi connectivity index (χ0n) is 12.7. The molecule has 0 unspecified atom stereocenters. The summed E-state index contributed by atoms with van der Waals surface area (Å²) in [6.07, 6.45) is 0. The Morgan fingerprint density at radius 3 is 2.62 bits per heavy atom. The number of aromatic carboxylic acids is 1. The predicted molar refractivity (Wildman–Crippen MR) is 85.4 cm³/mol. The maximum atomic E-state index is 11.9. The molecule has 0 spiro atoms. The van der Waals surface area contributed by atoms with Crippen LogP contribution in [0.15, 0.2) is 42.5 Å². The summed E-state index contributed by atoms with van der Waals surface area (Å²) in [5.41, 5.74) is 0.738. The first-order valence-electron chi connectivity index (χ1n) is 6.88. The van der Waals surface area contributed by atoms with Gasteiger partial charge in [-0.1, -0.05) is 12.1 Å². The summed E-state index contributed by atoms with van der Waals surface area (Å²) in [7, 11) is 0. The second-order valence-electron chi connectivity index (χ2n) is 4.87. The molecule has 0 atom stereocenters. The van der Waals surface area contributed by atoms with Crippen LogP contribution in [0, 0.1) is 17.0 Å². The molecular weight excluding hydrogens is 316 g/mol. The number of carboxylic acid groups (broad SMARTS) is 1. The van der Waals surface area contributed by atoms with Crippen LogP contribution in [0.1, 0.15) is 15.9 Å². The van der Waals surface area contributed by atoms with E-state index in [1.165, 1.54) is 36.4 Å². The van der Waals surface area contributed by atoms with Crippen molar-refractivity contribution in [2.75, 3.05) is 11.9 Å². The van der Waals surface area contributed by atoms with Gasteiger partial charge >= 0.3 is 5.97 Å². The highest BCUT2D eigenvalue weighted by Crippen LogP contribution is 2.20. The van der Waals surface area contributed by atoms with Crippen molar-refractivity contribution in [1.82, 2.24) is 0 Å². The van der Waals surface area contributed by atoms with Gasteiger partial charge < -0.3 is 15.2 Å². The number of non-ortho nitro benzene ring substituents is 1. The zero-order chi connectivity index (χ0) is 17.7. The molecule has 2 aromatic carbocycles. The number of nitrogens with zero attached hydrogens (tertiary/aromatic N) is 1. The van der Waals surface area contributed by atoms with Gasteiger partial charge in [-0.25, -0.2) is 4.79 Å². The van der Waals surface area contributed by atoms with Gasteiger partial charge in [0.05, 0.1) is 16.6 Å². The van der Waals surface area contributed by atoms with Gasteiger partial charge in [-0.2, -0.15) is 0 Å². The summed E-state index contributed by atoms with van der Waals surface area (Å²) >= 11 is 0. The first kappa shape index (κ1) is 16.9. The van der Waals surface area contributed by atoms with Crippen LogP contribution in [0.2, 0.25) is 0 Å². The number of carboxylic acids is 1. The van der Waals surface area contributed by atoms with Crippen LogP contribution in [0.25, 0.3) is 0 Å². The zero-order valence-corrected chi connectivity index (χ0v) is 12.7. The molecule has 8 nitrogen and oxygen atoms in total. The Labute approximate surface area is 136 Å². The average molecular weight is 330 g/mol. The van der Waals surface area contributed by atoms with Crippen molar-refractivity contribution < 1.29 is 24.4 Å². The Bertz CT molecular complexity index is 803. The lowest BCUT2D eigenvalue weighted by atomic mass is 10.1. The number of hydrogen-bond acceptors (Lipinski definition) is 5. The molecule has 0 fully saturated rings. The predicted octanol–water partition coefficient (Wildman–Crippen LogP) is 2.62. The molecule has 2 N–H and O–H groups in total. The number of carbonyl (C=O) groups is 2. The standard InChI is InChI=1S/C16H14N2O6/c1-10-13(16(20)21)6-3-7-14(10)17-15(19)9-24-12-5-2-4-11(8-12)18(22)23/h2-8H,9H2,1H3,(H,17,19)(H,20,21). The van der Waals surface area contributed by atoms with E-state index in [1.807, 2.05) is 0 Å². The Balaban J connectivity index is 2.02. The van der Waals surface area contributed by atoms with Crippen LogP contribution < -0.4 is 10.1 Å². The van der Waals surface area contributed by atoms with Crippen LogP contribution in [-0.4, -0.2) is 28.5 Å². The van der Waals surface area contributed by atoms with Crippen molar-refractivity contribution >= 4 is 23.3 Å². The number of nitro groups is 1. The Morgan fingerprint density at radius 1 is 1.25 bits per heavy atom. The van der Waals surface area contributed by atoms with E-state index in [0.29, 0.717) is 11.3 Å². The second-order valence-corrected chi connectivity index (χ2v) is 4.87. The molecule has 24 heavy (non-hydrogen) atoms. The molecule has 8 heteroatoms. The van der Waals surface area contributed by atoms with E-state index in [9.17, 15) is 19.7 Å². The van der Waals surface area contributed by atoms with E-state index in [2.05, 4.69) is 5.32 Å². The lowest BCUT2D eigenvalue weighted by Gasteiger charge is -2.11. The highest BCUT2D eigenvalue weighted by atomic mass is 16.6. The number of amides is 1. The fraction of sp³-hybridized carbons (Fsp3) is 0.125. The minimum Gasteiger partial charge on any atom is -0.484 e. The van der Waals surface area contributed by atoms with Gasteiger partial charge in [-0.3, -0.25) is 14.9 Å². The van der Waals surface area contributed by atoms with Gasteiger partial charge in [0.2, 0.25) is 0 Å². The van der Waals surface area contributed by atoms with Crippen molar-refractivity contribution in [3.63, 3.8) is 0 Å². The molecule has 0 bridgehead atoms. The third kappa shape index (κ3) is 4.07. The number of carbonyl (C=O) groups excluding carboxylic acids is 1. The lowest BCUT2D eigenvalue weighted by Crippen LogP contribution is -2.21. The molecule has 0 radical (unpaired) electrons. The summed E-state index contributed by atoms with van der Waals surface area (Å²) < 4.78 is 5.22. The van der Waals surface area contributed by atoms with Crippen molar-refractivity contribution in [3.05, 3.63) is 63.7 Å². The van der Waals surface area contributed by atoms with Crippen LogP contribution >= 0.6 is 0 Å². The number of nitro benzene ring substituents is 1. The number of nitrogens with one attached hydrogen (secondary N) is 1. The molecule has 0 aliphatic heterocycles. The van der Waals surface area contributed by atoms with Gasteiger partial charge in [0.25, 0.3) is 11.6 Å². The number of rotatable bonds is 6. The van der Waals surface area contributed by atoms with Crippen LogP contribution in [0.4, 0.5) is 11.4 Å². The first-order chi connectivity index (χ1) is 11.4. The third-order valence-corrected chi connectivity index (χ3v) is 3.24. The first-order valence-corrected chi connectivity index (χ1v) is 6.88. The van der Waals surface area contributed by atoms with E-state index in [-0.39, 0.29) is 23.6 Å². The number of anilines is 1. The fourth-order valence-corrected chi connectivity index (χ4v) is 2.02. The van der Waals surface area contributed by atoms with Crippen molar-refractivity contribution in [2.24, 2.45) is 0 Å². The molecule has 0 saturated heterocycles. The topological polar surface area (TPSA) is 119 Å². The number of ether oxygens (including phenoxy) is 1. The summed E-state index contributed by atoms with van der Waals surface area (Å²) in [5.74, 6) is -1.40. The fourth-order valence-electron chi connectivity index (χ4n) is 2.02. The average Bonchev–Trinajstić information content (AvgIpc) is 2.55. The SMILES string of the molecule is Cc1c(NC(=O)COc2cccc([N+](=O)[O-])c2)cccc1C(=O)O. The van der Waals surface area contributed by atoms with Crippen LogP contribution in [-0.2, 0) is 4.79 Å². The molecule has 2 rings (SSSR count). The highest BCUT2D eigenvalue weighted by Gasteiger charge is 2.13. The smallest absolute Gasteiger partial charge is 0.336 e. The van der Waals surface area contributed by atoms with E-state index >= 15 is 0 Å². The largest absolute Gasteiger partial charge is 0.484 e. The van der Waals surface area contributed by atoms with Crippen molar-refractivity contribution in [2.45, 2.75) is 6.92 Å². The molecule has 0 aromatic heterocycles. The van der Waals surface area contributed by atoms with Gasteiger partial charge in [-0.05, 0) is 30.7 Å². The monoisotopic (exact) mass is 330 g/mol. The highest BCUT2D eigenvalue weighted by molar-refractivity contribution is 5.96. The van der Waals surface area contributed by atoms with Crippen molar-refractivity contribution in [3.8, 4) is 5.75 Å². The molecule has 124 valence electrons. The molecule has 0 aliphatic carbocycles. The lowest BCUT2D eigenvalue weighted by molar-refractivity contribution is -0.384. The van der Waals surface area contributed by atoms with E-state index in [1.54, 1.807) is 13.0 Å². The van der Waals surface area contributed by atoms with Gasteiger partial charge in [0, 0.05) is 11.8 Å². The van der Waals surface area contributed by atoms with E-state index in [0.717, 1.165) is 0 Å². The minimum atomic E-state index is -1.09. The molecular formula is C16H14N2O6. The van der Waals surface area contributed by atoms with Crippen molar-refractivity contribution in [1.29, 1.82) is 0 Å². The Kier molecular flexibility index (Phi) is 5.10. The summed E-state index contributed by atoms with van der Waals surface area (Å²) in [4.78, 5) is 33.1. The number of benzene rings is 2. The third-order valence-electron chi connectivity index (χ3n) is 3.24. The van der Waals surface area contributed by atoms with Gasteiger partial charge in [0.15, 0.2) is 6.61 Å². The van der Waals surface area contributed by atoms with Crippen LogP contribution in [0.3, 0.4) is 0 Å². The van der Waals surface area contributed by atoms with E-state index < -0.39 is 16.8 Å². The maximum Gasteiger partial charge on any atom is 0.336 e. The molecule has 0 saturated carbocycles.